The zero-order valence-corrected chi connectivity index (χ0v) is 15.3. The lowest BCUT2D eigenvalue weighted by atomic mass is 10.1. The van der Waals surface area contributed by atoms with Crippen molar-refractivity contribution >= 4 is 11.8 Å². The lowest BCUT2D eigenvalue weighted by Gasteiger charge is -2.11. The van der Waals surface area contributed by atoms with Crippen LogP contribution in [0, 0.1) is 5.92 Å². The molecule has 26 heavy (non-hydrogen) atoms. The maximum atomic E-state index is 9.34. The molecule has 0 aliphatic rings. The van der Waals surface area contributed by atoms with Crippen LogP contribution in [0.1, 0.15) is 31.7 Å². The number of aryl methyl sites for hydroxylation is 1. The van der Waals surface area contributed by atoms with Crippen LogP contribution in [0.5, 0.6) is 5.75 Å². The summed E-state index contributed by atoms with van der Waals surface area (Å²) >= 11 is 0. The predicted octanol–water partition coefficient (Wildman–Crippen LogP) is 3.40. The zero-order chi connectivity index (χ0) is 18.6. The summed E-state index contributed by atoms with van der Waals surface area (Å²) in [5.74, 6) is 1.40. The van der Waals surface area contributed by atoms with E-state index in [1.165, 1.54) is 5.56 Å². The Balaban J connectivity index is 1.88. The molecule has 0 saturated carbocycles. The molecule has 0 aliphatic heterocycles. The molecule has 1 atom stereocenters. The number of anilines is 2. The van der Waals surface area contributed by atoms with Crippen molar-refractivity contribution in [1.82, 2.24) is 9.97 Å². The second-order valence-electron chi connectivity index (χ2n) is 6.11. The molecular formula is C20H28N4O2. The number of nitrogen functional groups attached to an aromatic ring is 1. The molecule has 0 amide bonds. The lowest BCUT2D eigenvalue weighted by Crippen LogP contribution is -2.07. The number of nitrogens with one attached hydrogen (secondary N) is 1. The van der Waals surface area contributed by atoms with E-state index in [0.717, 1.165) is 25.7 Å². The Labute approximate surface area is 155 Å². The summed E-state index contributed by atoms with van der Waals surface area (Å²) in [7, 11) is 0. The molecule has 4 N–H and O–H groups in total. The Hall–Kier alpha value is -2.60. The highest BCUT2D eigenvalue weighted by molar-refractivity contribution is 5.52. The van der Waals surface area contributed by atoms with Crippen LogP contribution in [0.4, 0.5) is 11.8 Å². The quantitative estimate of drug-likeness (QED) is 0.534. The van der Waals surface area contributed by atoms with Crippen LogP contribution >= 0.6 is 0 Å². The monoisotopic (exact) mass is 356 g/mol. The second-order valence-corrected chi connectivity index (χ2v) is 6.11. The zero-order valence-electron chi connectivity index (χ0n) is 15.3. The summed E-state index contributed by atoms with van der Waals surface area (Å²) < 4.78 is 5.82. The van der Waals surface area contributed by atoms with Crippen molar-refractivity contribution in [2.24, 2.45) is 5.92 Å². The smallest absolute Gasteiger partial charge is 0.222 e. The first-order chi connectivity index (χ1) is 12.7. The summed E-state index contributed by atoms with van der Waals surface area (Å²) in [5.41, 5.74) is 6.97. The topological polar surface area (TPSA) is 93.3 Å². The van der Waals surface area contributed by atoms with Crippen molar-refractivity contribution in [2.45, 2.75) is 32.6 Å². The van der Waals surface area contributed by atoms with Gasteiger partial charge in [-0.25, -0.2) is 4.98 Å². The maximum absolute atomic E-state index is 9.34. The Kier molecular flexibility index (Phi) is 8.42. The maximum Gasteiger partial charge on any atom is 0.222 e. The Morgan fingerprint density at radius 2 is 2.12 bits per heavy atom. The fourth-order valence-corrected chi connectivity index (χ4v) is 2.58. The minimum Gasteiger partial charge on any atom is -0.488 e. The number of nitrogens with zero attached hydrogens (tertiary/aromatic N) is 2. The summed E-state index contributed by atoms with van der Waals surface area (Å²) in [4.78, 5) is 8.20. The lowest BCUT2D eigenvalue weighted by molar-refractivity contribution is 0.245. The van der Waals surface area contributed by atoms with E-state index in [2.05, 4.69) is 34.3 Å². The first-order valence-electron chi connectivity index (χ1n) is 9.06. The van der Waals surface area contributed by atoms with Crippen molar-refractivity contribution < 1.29 is 9.84 Å². The number of aliphatic hydroxyl groups excluding tert-OH is 1. The number of ether oxygens (including phenoxy) is 1. The minimum atomic E-state index is 0.126. The van der Waals surface area contributed by atoms with Gasteiger partial charge in [0.1, 0.15) is 0 Å². The van der Waals surface area contributed by atoms with Gasteiger partial charge in [0.25, 0.3) is 0 Å². The van der Waals surface area contributed by atoms with Gasteiger partial charge in [-0.15, -0.1) is 0 Å². The standard InChI is InChI=1S/C20H28N4O2/c1-2-7-17(15-25)11-12-22-19-18(14-23-20(21)24-19)26-13-6-10-16-8-4-3-5-9-16/h3-5,8-9,11-12,14,17,25H,2,6-7,10,13,15H2,1H3,(H3,21,22,23,24)/b12-11+/t17-/m1/s1. The van der Waals surface area contributed by atoms with E-state index in [1.807, 2.05) is 24.3 Å². The van der Waals surface area contributed by atoms with E-state index < -0.39 is 0 Å². The van der Waals surface area contributed by atoms with Crippen LogP contribution in [0.15, 0.2) is 48.8 Å². The second kappa shape index (κ2) is 11.1. The molecule has 0 bridgehead atoms. The molecule has 140 valence electrons. The van der Waals surface area contributed by atoms with Crippen LogP contribution in [-0.4, -0.2) is 28.3 Å². The van der Waals surface area contributed by atoms with Gasteiger partial charge in [-0.1, -0.05) is 49.8 Å². The summed E-state index contributed by atoms with van der Waals surface area (Å²) in [6, 6.07) is 10.3. The summed E-state index contributed by atoms with van der Waals surface area (Å²) in [6.45, 7) is 2.78. The molecule has 0 unspecified atom stereocenters. The molecule has 6 heteroatoms. The molecule has 1 aromatic carbocycles. The Morgan fingerprint density at radius 3 is 2.85 bits per heavy atom. The molecule has 0 saturated heterocycles. The van der Waals surface area contributed by atoms with Crippen LogP contribution in [-0.2, 0) is 6.42 Å². The fourth-order valence-electron chi connectivity index (χ4n) is 2.58. The number of aromatic nitrogens is 2. The van der Waals surface area contributed by atoms with Crippen LogP contribution < -0.4 is 15.8 Å². The van der Waals surface area contributed by atoms with Gasteiger partial charge in [0.05, 0.1) is 12.8 Å². The van der Waals surface area contributed by atoms with Gasteiger partial charge >= 0.3 is 0 Å². The van der Waals surface area contributed by atoms with Crippen molar-refractivity contribution in [1.29, 1.82) is 0 Å². The predicted molar refractivity (Wildman–Crippen MR) is 105 cm³/mol. The fraction of sp³-hybridized carbons (Fsp3) is 0.400. The molecular weight excluding hydrogens is 328 g/mol. The van der Waals surface area contributed by atoms with E-state index in [-0.39, 0.29) is 18.5 Å². The molecule has 0 spiro atoms. The van der Waals surface area contributed by atoms with E-state index in [4.69, 9.17) is 10.5 Å². The summed E-state index contributed by atoms with van der Waals surface area (Å²) in [6.07, 6.45) is 9.09. The van der Waals surface area contributed by atoms with Crippen molar-refractivity contribution in [3.63, 3.8) is 0 Å². The van der Waals surface area contributed by atoms with E-state index >= 15 is 0 Å². The van der Waals surface area contributed by atoms with Crippen LogP contribution in [0.3, 0.4) is 0 Å². The van der Waals surface area contributed by atoms with E-state index in [1.54, 1.807) is 12.4 Å². The SMILES string of the molecule is CCC[C@H](/C=C/Nc1nc(N)ncc1OCCCc1ccccc1)CO. The van der Waals surface area contributed by atoms with Gasteiger partial charge in [0.2, 0.25) is 5.95 Å². The third-order valence-electron chi connectivity index (χ3n) is 3.97. The van der Waals surface area contributed by atoms with Crippen LogP contribution in [0.2, 0.25) is 0 Å². The van der Waals surface area contributed by atoms with Gasteiger partial charge in [-0.05, 0) is 31.0 Å². The van der Waals surface area contributed by atoms with Gasteiger partial charge in [-0.3, -0.25) is 0 Å². The summed E-state index contributed by atoms with van der Waals surface area (Å²) in [5, 5.41) is 12.4. The highest BCUT2D eigenvalue weighted by atomic mass is 16.5. The minimum absolute atomic E-state index is 0.126. The van der Waals surface area contributed by atoms with E-state index in [9.17, 15) is 5.11 Å². The number of hydrogen-bond acceptors (Lipinski definition) is 6. The normalized spacial score (nSPS) is 12.2. The van der Waals surface area contributed by atoms with E-state index in [0.29, 0.717) is 18.2 Å². The molecule has 2 rings (SSSR count). The van der Waals surface area contributed by atoms with Crippen LogP contribution in [0.25, 0.3) is 0 Å². The van der Waals surface area contributed by atoms with Crippen molar-refractivity contribution in [3.05, 3.63) is 54.4 Å². The van der Waals surface area contributed by atoms with Gasteiger partial charge in [-0.2, -0.15) is 4.98 Å². The van der Waals surface area contributed by atoms with Gasteiger partial charge in [0, 0.05) is 12.5 Å². The highest BCUT2D eigenvalue weighted by Gasteiger charge is 2.07. The Morgan fingerprint density at radius 1 is 1.31 bits per heavy atom. The average Bonchev–Trinajstić information content (AvgIpc) is 2.66. The van der Waals surface area contributed by atoms with Crippen molar-refractivity contribution in [2.75, 3.05) is 24.3 Å². The molecule has 6 nitrogen and oxygen atoms in total. The molecule has 0 fully saturated rings. The first-order valence-corrected chi connectivity index (χ1v) is 9.06. The number of nitrogens with two attached hydrogens (primary N) is 1. The average molecular weight is 356 g/mol. The molecule has 1 aromatic heterocycles. The first kappa shape index (κ1) is 19.7. The molecule has 1 heterocycles. The van der Waals surface area contributed by atoms with Crippen molar-refractivity contribution in [3.8, 4) is 5.75 Å². The molecule has 2 aromatic rings. The third-order valence-corrected chi connectivity index (χ3v) is 3.97. The highest BCUT2D eigenvalue weighted by Crippen LogP contribution is 2.22. The van der Waals surface area contributed by atoms with Gasteiger partial charge < -0.3 is 20.9 Å². The Bertz CT molecular complexity index is 677. The molecule has 0 radical (unpaired) electrons. The molecule has 0 aliphatic carbocycles. The number of aliphatic hydroxyl groups is 1. The number of hydrogen-bond donors (Lipinski definition) is 3. The number of benzene rings is 1. The van der Waals surface area contributed by atoms with Gasteiger partial charge in [0.15, 0.2) is 11.6 Å². The largest absolute Gasteiger partial charge is 0.488 e. The number of rotatable bonds is 11. The third kappa shape index (κ3) is 6.72.